The molecule has 1 aromatic heterocycles. The molecule has 114 valence electrons. The highest BCUT2D eigenvalue weighted by atomic mass is 16.5. The van der Waals surface area contributed by atoms with Crippen molar-refractivity contribution in [2.24, 2.45) is 0 Å². The van der Waals surface area contributed by atoms with Crippen LogP contribution in [0.5, 0.6) is 5.75 Å². The number of ether oxygens (including phenoxy) is 1. The quantitative estimate of drug-likeness (QED) is 0.850. The number of aryl methyl sites for hydroxylation is 1. The van der Waals surface area contributed by atoms with Crippen LogP contribution in [0.1, 0.15) is 51.8 Å². The van der Waals surface area contributed by atoms with Crippen LogP contribution in [0.4, 0.5) is 5.69 Å². The lowest BCUT2D eigenvalue weighted by molar-refractivity contribution is 0.243. The first-order valence-corrected chi connectivity index (χ1v) is 7.78. The van der Waals surface area contributed by atoms with Crippen LogP contribution in [-0.2, 0) is 0 Å². The molecule has 21 heavy (non-hydrogen) atoms. The van der Waals surface area contributed by atoms with Gasteiger partial charge in [-0.15, -0.1) is 0 Å². The van der Waals surface area contributed by atoms with Gasteiger partial charge < -0.3 is 10.1 Å². The molecule has 0 fully saturated rings. The highest BCUT2D eigenvalue weighted by Gasteiger charge is 2.15. The molecule has 3 heteroatoms. The monoisotopic (exact) mass is 286 g/mol. The lowest BCUT2D eigenvalue weighted by atomic mass is 9.96. The summed E-state index contributed by atoms with van der Waals surface area (Å²) < 4.78 is 5.83. The van der Waals surface area contributed by atoms with Crippen molar-refractivity contribution in [1.82, 2.24) is 4.98 Å². The van der Waals surface area contributed by atoms with E-state index in [1.165, 1.54) is 11.3 Å². The molecule has 0 amide bonds. The van der Waals surface area contributed by atoms with Gasteiger partial charge in [-0.1, -0.05) is 13.8 Å². The van der Waals surface area contributed by atoms with Crippen molar-refractivity contribution in [3.05, 3.63) is 29.5 Å². The predicted molar refractivity (Wildman–Crippen MR) is 90.5 cm³/mol. The minimum atomic E-state index is 0.174. The van der Waals surface area contributed by atoms with Crippen LogP contribution in [0.2, 0.25) is 0 Å². The zero-order chi connectivity index (χ0) is 15.6. The van der Waals surface area contributed by atoms with E-state index in [0.29, 0.717) is 5.92 Å². The van der Waals surface area contributed by atoms with E-state index in [0.717, 1.165) is 28.9 Å². The minimum Gasteiger partial charge on any atom is -0.491 e. The van der Waals surface area contributed by atoms with Crippen molar-refractivity contribution in [3.63, 3.8) is 0 Å². The van der Waals surface area contributed by atoms with Gasteiger partial charge in [-0.05, 0) is 57.4 Å². The average Bonchev–Trinajstić information content (AvgIpc) is 2.38. The Morgan fingerprint density at radius 2 is 1.90 bits per heavy atom. The van der Waals surface area contributed by atoms with Crippen molar-refractivity contribution in [2.75, 3.05) is 11.9 Å². The van der Waals surface area contributed by atoms with E-state index in [-0.39, 0.29) is 6.10 Å². The molecular weight excluding hydrogens is 260 g/mol. The topological polar surface area (TPSA) is 34.2 Å². The Morgan fingerprint density at radius 1 is 1.19 bits per heavy atom. The number of hydrogen-bond donors (Lipinski definition) is 1. The Labute approximate surface area is 127 Å². The number of fused-ring (bicyclic) bond motifs is 1. The van der Waals surface area contributed by atoms with Crippen molar-refractivity contribution in [1.29, 1.82) is 0 Å². The molecule has 0 unspecified atom stereocenters. The Bertz CT molecular complexity index is 633. The number of nitrogens with one attached hydrogen (secondary N) is 1. The third-order valence-corrected chi connectivity index (χ3v) is 3.49. The maximum absolute atomic E-state index is 5.83. The van der Waals surface area contributed by atoms with Crippen molar-refractivity contribution < 1.29 is 4.74 Å². The summed E-state index contributed by atoms with van der Waals surface area (Å²) in [5, 5.41) is 4.67. The Hall–Kier alpha value is -1.77. The molecule has 0 atom stereocenters. The fraction of sp³-hybridized carbons (Fsp3) is 0.500. The van der Waals surface area contributed by atoms with Crippen LogP contribution >= 0.6 is 0 Å². The summed E-state index contributed by atoms with van der Waals surface area (Å²) in [5.41, 5.74) is 4.62. The maximum atomic E-state index is 5.83. The third-order valence-electron chi connectivity index (χ3n) is 3.49. The summed E-state index contributed by atoms with van der Waals surface area (Å²) in [7, 11) is 0. The highest BCUT2D eigenvalue weighted by molar-refractivity contribution is 5.94. The second-order valence-electron chi connectivity index (χ2n) is 6.02. The van der Waals surface area contributed by atoms with E-state index in [1.807, 2.05) is 26.0 Å². The summed E-state index contributed by atoms with van der Waals surface area (Å²) >= 11 is 0. The van der Waals surface area contributed by atoms with Gasteiger partial charge in [-0.3, -0.25) is 4.98 Å². The Balaban J connectivity index is 2.68. The number of hydrogen-bond acceptors (Lipinski definition) is 3. The van der Waals surface area contributed by atoms with Gasteiger partial charge in [-0.2, -0.15) is 0 Å². The fourth-order valence-electron chi connectivity index (χ4n) is 2.80. The van der Waals surface area contributed by atoms with Crippen LogP contribution in [0, 0.1) is 6.92 Å². The van der Waals surface area contributed by atoms with Crippen LogP contribution in [0.25, 0.3) is 10.9 Å². The standard InChI is InChI=1S/C18H26N2O/c1-7-19-18-15-10-14(21-12(4)5)8-9-16(15)20-13(6)17(18)11(2)3/h8-12H,7H2,1-6H3,(H,19,20). The largest absolute Gasteiger partial charge is 0.491 e. The van der Waals surface area contributed by atoms with E-state index in [2.05, 4.69) is 39.1 Å². The lowest BCUT2D eigenvalue weighted by Gasteiger charge is -2.19. The van der Waals surface area contributed by atoms with Crippen molar-refractivity contribution in [2.45, 2.75) is 53.6 Å². The Kier molecular flexibility index (Phi) is 4.71. The van der Waals surface area contributed by atoms with E-state index >= 15 is 0 Å². The number of benzene rings is 1. The summed E-state index contributed by atoms with van der Waals surface area (Å²) in [6.07, 6.45) is 0.174. The van der Waals surface area contributed by atoms with Crippen LogP contribution < -0.4 is 10.1 Å². The summed E-state index contributed by atoms with van der Waals surface area (Å²) in [6, 6.07) is 6.15. The van der Waals surface area contributed by atoms with Gasteiger partial charge in [0, 0.05) is 23.3 Å². The molecule has 2 aromatic rings. The predicted octanol–water partition coefficient (Wildman–Crippen LogP) is 4.89. The molecule has 1 N–H and O–H groups in total. The molecule has 0 saturated heterocycles. The first-order chi connectivity index (χ1) is 9.93. The minimum absolute atomic E-state index is 0.174. The molecular formula is C18H26N2O. The van der Waals surface area contributed by atoms with Crippen LogP contribution in [-0.4, -0.2) is 17.6 Å². The fourth-order valence-corrected chi connectivity index (χ4v) is 2.80. The number of aromatic nitrogens is 1. The smallest absolute Gasteiger partial charge is 0.120 e. The van der Waals surface area contributed by atoms with Crippen LogP contribution in [0.3, 0.4) is 0 Å². The highest BCUT2D eigenvalue weighted by Crippen LogP contribution is 2.35. The summed E-state index contributed by atoms with van der Waals surface area (Å²) in [4.78, 5) is 4.76. The normalized spacial score (nSPS) is 11.4. The summed E-state index contributed by atoms with van der Waals surface area (Å²) in [6.45, 7) is 13.6. The van der Waals surface area contributed by atoms with Gasteiger partial charge in [0.05, 0.1) is 11.6 Å². The zero-order valence-electron chi connectivity index (χ0n) is 13.9. The van der Waals surface area contributed by atoms with Gasteiger partial charge in [0.2, 0.25) is 0 Å². The van der Waals surface area contributed by atoms with E-state index in [9.17, 15) is 0 Å². The number of rotatable bonds is 5. The second kappa shape index (κ2) is 6.33. The first kappa shape index (κ1) is 15.6. The number of anilines is 1. The molecule has 0 aliphatic rings. The average molecular weight is 286 g/mol. The molecule has 0 aliphatic heterocycles. The molecule has 3 nitrogen and oxygen atoms in total. The van der Waals surface area contributed by atoms with E-state index < -0.39 is 0 Å². The molecule has 0 radical (unpaired) electrons. The SMILES string of the molecule is CCNc1c(C(C)C)c(C)nc2ccc(OC(C)C)cc12. The molecule has 1 aromatic carbocycles. The molecule has 0 bridgehead atoms. The molecule has 0 aliphatic carbocycles. The molecule has 0 saturated carbocycles. The number of pyridine rings is 1. The van der Waals surface area contributed by atoms with E-state index in [1.54, 1.807) is 0 Å². The van der Waals surface area contributed by atoms with Gasteiger partial charge in [0.15, 0.2) is 0 Å². The van der Waals surface area contributed by atoms with Crippen LogP contribution in [0.15, 0.2) is 18.2 Å². The number of nitrogens with zero attached hydrogens (tertiary/aromatic N) is 1. The summed E-state index contributed by atoms with van der Waals surface area (Å²) in [5.74, 6) is 1.34. The molecule has 0 spiro atoms. The Morgan fingerprint density at radius 3 is 2.48 bits per heavy atom. The van der Waals surface area contributed by atoms with Gasteiger partial charge >= 0.3 is 0 Å². The lowest BCUT2D eigenvalue weighted by Crippen LogP contribution is -2.08. The third kappa shape index (κ3) is 3.29. The van der Waals surface area contributed by atoms with E-state index in [4.69, 9.17) is 9.72 Å². The van der Waals surface area contributed by atoms with Gasteiger partial charge in [0.1, 0.15) is 5.75 Å². The zero-order valence-corrected chi connectivity index (χ0v) is 13.9. The first-order valence-electron chi connectivity index (χ1n) is 7.78. The van der Waals surface area contributed by atoms with Crippen molar-refractivity contribution >= 4 is 16.6 Å². The molecule has 1 heterocycles. The molecule has 2 rings (SSSR count). The van der Waals surface area contributed by atoms with Crippen molar-refractivity contribution in [3.8, 4) is 5.75 Å². The van der Waals surface area contributed by atoms with Gasteiger partial charge in [0.25, 0.3) is 0 Å². The second-order valence-corrected chi connectivity index (χ2v) is 6.02. The maximum Gasteiger partial charge on any atom is 0.120 e. The van der Waals surface area contributed by atoms with Gasteiger partial charge in [-0.25, -0.2) is 0 Å².